The van der Waals surface area contributed by atoms with E-state index >= 15 is 0 Å². The Bertz CT molecular complexity index is 450. The highest BCUT2D eigenvalue weighted by Crippen LogP contribution is 2.27. The number of halogens is 1. The van der Waals surface area contributed by atoms with Crippen molar-refractivity contribution < 1.29 is 18.8 Å². The van der Waals surface area contributed by atoms with Crippen molar-refractivity contribution in [2.24, 2.45) is 11.7 Å². The summed E-state index contributed by atoms with van der Waals surface area (Å²) in [5.41, 5.74) is 4.64. The van der Waals surface area contributed by atoms with Crippen LogP contribution in [0.4, 0.5) is 10.1 Å². The number of hydrogen-bond acceptors (Lipinski definition) is 4. The van der Waals surface area contributed by atoms with Gasteiger partial charge in [-0.05, 0) is 6.07 Å². The molecule has 1 atom stereocenters. The molecule has 0 bridgehead atoms. The molecule has 7 heteroatoms. The Morgan fingerprint density at radius 1 is 1.65 bits per heavy atom. The zero-order valence-corrected chi connectivity index (χ0v) is 9.05. The largest absolute Gasteiger partial charge is 0.486 e. The Labute approximate surface area is 96.3 Å². The molecule has 6 nitrogen and oxygen atoms in total. The number of rotatable bonds is 5. The summed E-state index contributed by atoms with van der Waals surface area (Å²) in [5, 5.41) is 10.6. The standard InChI is InChI=1S/C10H11FN2O4/c1-6(10(12)14)5-17-9-4-7(11)2-3-8(9)13(15)16/h2-4,6H,5H2,1H3,(H2,12,14). The van der Waals surface area contributed by atoms with Gasteiger partial charge in [0.1, 0.15) is 5.82 Å². The molecule has 1 rings (SSSR count). The van der Waals surface area contributed by atoms with Gasteiger partial charge in [0.05, 0.1) is 17.4 Å². The van der Waals surface area contributed by atoms with Crippen LogP contribution in [0.1, 0.15) is 6.92 Å². The van der Waals surface area contributed by atoms with E-state index in [4.69, 9.17) is 10.5 Å². The highest BCUT2D eigenvalue weighted by atomic mass is 19.1. The summed E-state index contributed by atoms with van der Waals surface area (Å²) in [6.45, 7) is 1.37. The minimum Gasteiger partial charge on any atom is -0.486 e. The summed E-state index contributed by atoms with van der Waals surface area (Å²) in [6.07, 6.45) is 0. The monoisotopic (exact) mass is 242 g/mol. The topological polar surface area (TPSA) is 95.5 Å². The van der Waals surface area contributed by atoms with E-state index in [1.54, 1.807) is 0 Å². The van der Waals surface area contributed by atoms with Gasteiger partial charge in [-0.2, -0.15) is 0 Å². The Morgan fingerprint density at radius 2 is 2.29 bits per heavy atom. The molecule has 17 heavy (non-hydrogen) atoms. The van der Waals surface area contributed by atoms with E-state index < -0.39 is 22.6 Å². The van der Waals surface area contributed by atoms with Crippen LogP contribution in [0.15, 0.2) is 18.2 Å². The molecule has 2 N–H and O–H groups in total. The molecule has 0 saturated heterocycles. The summed E-state index contributed by atoms with van der Waals surface area (Å²) in [6, 6.07) is 2.86. The number of benzene rings is 1. The number of hydrogen-bond donors (Lipinski definition) is 1. The second kappa shape index (κ2) is 5.24. The van der Waals surface area contributed by atoms with E-state index in [1.165, 1.54) is 6.92 Å². The lowest BCUT2D eigenvalue weighted by atomic mass is 10.2. The third kappa shape index (κ3) is 3.40. The predicted molar refractivity (Wildman–Crippen MR) is 56.9 cm³/mol. The van der Waals surface area contributed by atoms with Gasteiger partial charge in [-0.3, -0.25) is 14.9 Å². The lowest BCUT2D eigenvalue weighted by Crippen LogP contribution is -2.25. The van der Waals surface area contributed by atoms with Crippen molar-refractivity contribution in [1.82, 2.24) is 0 Å². The van der Waals surface area contributed by atoms with Gasteiger partial charge in [0.2, 0.25) is 5.91 Å². The molecule has 1 aromatic carbocycles. The van der Waals surface area contributed by atoms with Crippen LogP contribution in [0.25, 0.3) is 0 Å². The summed E-state index contributed by atoms with van der Waals surface area (Å²) in [4.78, 5) is 20.7. The molecule has 0 radical (unpaired) electrons. The molecule has 0 spiro atoms. The summed E-state index contributed by atoms with van der Waals surface area (Å²) in [7, 11) is 0. The number of carbonyl (C=O) groups excluding carboxylic acids is 1. The molecule has 92 valence electrons. The fourth-order valence-electron chi connectivity index (χ4n) is 1.05. The van der Waals surface area contributed by atoms with E-state index in [0.29, 0.717) is 0 Å². The number of nitrogens with two attached hydrogens (primary N) is 1. The molecule has 0 aliphatic heterocycles. The molecule has 0 aliphatic carbocycles. The minimum atomic E-state index is -0.691. The summed E-state index contributed by atoms with van der Waals surface area (Å²) in [5.74, 6) is -2.08. The first-order chi connectivity index (χ1) is 7.91. The number of ether oxygens (including phenoxy) is 1. The molecular formula is C10H11FN2O4. The van der Waals surface area contributed by atoms with Gasteiger partial charge in [0.25, 0.3) is 0 Å². The number of primary amides is 1. The maximum absolute atomic E-state index is 12.9. The number of nitro benzene ring substituents is 1. The highest BCUT2D eigenvalue weighted by Gasteiger charge is 2.18. The second-order valence-corrected chi connectivity index (χ2v) is 3.48. The third-order valence-corrected chi connectivity index (χ3v) is 2.09. The Kier molecular flexibility index (Phi) is 3.97. The van der Waals surface area contributed by atoms with Crippen LogP contribution in [0.2, 0.25) is 0 Å². The Balaban J connectivity index is 2.85. The van der Waals surface area contributed by atoms with Gasteiger partial charge >= 0.3 is 5.69 Å². The number of nitrogens with zero attached hydrogens (tertiary/aromatic N) is 1. The Hall–Kier alpha value is -2.18. The molecule has 1 aromatic rings. The van der Waals surface area contributed by atoms with Gasteiger partial charge in [-0.1, -0.05) is 6.92 Å². The maximum Gasteiger partial charge on any atom is 0.311 e. The first-order valence-electron chi connectivity index (χ1n) is 4.78. The summed E-state index contributed by atoms with van der Waals surface area (Å²) < 4.78 is 17.9. The van der Waals surface area contributed by atoms with Gasteiger partial charge in [-0.25, -0.2) is 4.39 Å². The van der Waals surface area contributed by atoms with Crippen LogP contribution in [-0.2, 0) is 4.79 Å². The lowest BCUT2D eigenvalue weighted by Gasteiger charge is -2.10. The van der Waals surface area contributed by atoms with Crippen LogP contribution < -0.4 is 10.5 Å². The average Bonchev–Trinajstić information content (AvgIpc) is 2.25. The SMILES string of the molecule is CC(COc1cc(F)ccc1[N+](=O)[O-])C(N)=O. The van der Waals surface area contributed by atoms with Gasteiger partial charge < -0.3 is 10.5 Å². The maximum atomic E-state index is 12.9. The quantitative estimate of drug-likeness (QED) is 0.620. The van der Waals surface area contributed by atoms with Crippen LogP contribution in [0.3, 0.4) is 0 Å². The number of amides is 1. The van der Waals surface area contributed by atoms with Crippen molar-refractivity contribution in [2.75, 3.05) is 6.61 Å². The molecule has 0 aliphatic rings. The van der Waals surface area contributed by atoms with Crippen LogP contribution in [0, 0.1) is 21.8 Å². The van der Waals surface area contributed by atoms with Crippen molar-refractivity contribution in [3.05, 3.63) is 34.1 Å². The van der Waals surface area contributed by atoms with Crippen molar-refractivity contribution in [1.29, 1.82) is 0 Å². The molecular weight excluding hydrogens is 231 g/mol. The third-order valence-electron chi connectivity index (χ3n) is 2.09. The minimum absolute atomic E-state index is 0.139. The van der Waals surface area contributed by atoms with Crippen LogP contribution in [-0.4, -0.2) is 17.4 Å². The number of carbonyl (C=O) groups is 1. The first kappa shape index (κ1) is 12.9. The second-order valence-electron chi connectivity index (χ2n) is 3.48. The lowest BCUT2D eigenvalue weighted by molar-refractivity contribution is -0.386. The van der Waals surface area contributed by atoms with Crippen molar-refractivity contribution >= 4 is 11.6 Å². The van der Waals surface area contributed by atoms with Crippen molar-refractivity contribution in [3.8, 4) is 5.75 Å². The van der Waals surface area contributed by atoms with Gasteiger partial charge in [-0.15, -0.1) is 0 Å². The molecule has 0 heterocycles. The van der Waals surface area contributed by atoms with E-state index in [-0.39, 0.29) is 18.0 Å². The van der Waals surface area contributed by atoms with Crippen LogP contribution >= 0.6 is 0 Å². The molecule has 1 amide bonds. The average molecular weight is 242 g/mol. The fraction of sp³-hybridized carbons (Fsp3) is 0.300. The highest BCUT2D eigenvalue weighted by molar-refractivity contribution is 5.76. The molecule has 0 fully saturated rings. The zero-order valence-electron chi connectivity index (χ0n) is 9.05. The van der Waals surface area contributed by atoms with Crippen LogP contribution in [0.5, 0.6) is 5.75 Å². The van der Waals surface area contributed by atoms with E-state index in [2.05, 4.69) is 0 Å². The number of nitro groups is 1. The molecule has 0 saturated carbocycles. The Morgan fingerprint density at radius 3 is 2.82 bits per heavy atom. The molecule has 0 aromatic heterocycles. The smallest absolute Gasteiger partial charge is 0.311 e. The van der Waals surface area contributed by atoms with Crippen molar-refractivity contribution in [2.45, 2.75) is 6.92 Å². The summed E-state index contributed by atoms with van der Waals surface area (Å²) >= 11 is 0. The van der Waals surface area contributed by atoms with E-state index in [0.717, 1.165) is 18.2 Å². The first-order valence-corrected chi connectivity index (χ1v) is 4.78. The van der Waals surface area contributed by atoms with Crippen molar-refractivity contribution in [3.63, 3.8) is 0 Å². The predicted octanol–water partition coefficient (Wildman–Crippen LogP) is 1.23. The zero-order chi connectivity index (χ0) is 13.0. The van der Waals surface area contributed by atoms with E-state index in [1.807, 2.05) is 0 Å². The van der Waals surface area contributed by atoms with E-state index in [9.17, 15) is 19.3 Å². The normalized spacial score (nSPS) is 11.9. The fourth-order valence-corrected chi connectivity index (χ4v) is 1.05. The van der Waals surface area contributed by atoms with Gasteiger partial charge in [0, 0.05) is 12.1 Å². The molecule has 1 unspecified atom stereocenters. The van der Waals surface area contributed by atoms with Gasteiger partial charge in [0.15, 0.2) is 5.75 Å².